The number of hydrogen-bond donors (Lipinski definition) is 2. The van der Waals surface area contributed by atoms with Crippen molar-refractivity contribution in [3.05, 3.63) is 64.8 Å². The lowest BCUT2D eigenvalue weighted by Gasteiger charge is -2.32. The van der Waals surface area contributed by atoms with Crippen LogP contribution in [-0.2, 0) is 15.7 Å². The predicted molar refractivity (Wildman–Crippen MR) is 106 cm³/mol. The molecule has 0 fully saturated rings. The number of anilines is 1. The molecule has 0 amide bonds. The molecule has 0 saturated carbocycles. The summed E-state index contributed by atoms with van der Waals surface area (Å²) in [7, 11) is 0. The van der Waals surface area contributed by atoms with E-state index in [1.807, 2.05) is 0 Å². The Labute approximate surface area is 177 Å². The van der Waals surface area contributed by atoms with Gasteiger partial charge >= 0.3 is 12.3 Å². The number of aromatic nitrogens is 1. The second-order valence-corrected chi connectivity index (χ2v) is 6.95. The Morgan fingerprint density at radius 3 is 2.61 bits per heavy atom. The van der Waals surface area contributed by atoms with E-state index in [1.165, 1.54) is 24.4 Å². The minimum absolute atomic E-state index is 0.0170. The number of halogens is 3. The van der Waals surface area contributed by atoms with Gasteiger partial charge in [0.1, 0.15) is 5.82 Å². The van der Waals surface area contributed by atoms with E-state index in [0.29, 0.717) is 5.69 Å². The SMILES string of the molecule is CCOC(=O)OC1=C(N)Nc2ccnc(OC(C)C)c2C1c1ccccc1C(F)(F)F. The summed E-state index contributed by atoms with van der Waals surface area (Å²) in [5, 5.41) is 2.85. The smallest absolute Gasteiger partial charge is 0.475 e. The van der Waals surface area contributed by atoms with E-state index in [0.717, 1.165) is 6.07 Å². The lowest BCUT2D eigenvalue weighted by atomic mass is 9.84. The average Bonchev–Trinajstić information content (AvgIpc) is 2.68. The Balaban J connectivity index is 2.27. The van der Waals surface area contributed by atoms with E-state index in [-0.39, 0.29) is 41.3 Å². The van der Waals surface area contributed by atoms with Crippen molar-refractivity contribution in [1.82, 2.24) is 4.98 Å². The maximum Gasteiger partial charge on any atom is 0.513 e. The molecule has 166 valence electrons. The Kier molecular flexibility index (Phi) is 6.28. The van der Waals surface area contributed by atoms with Crippen LogP contribution in [0.4, 0.5) is 23.7 Å². The zero-order valence-corrected chi connectivity index (χ0v) is 17.1. The van der Waals surface area contributed by atoms with Crippen molar-refractivity contribution in [2.75, 3.05) is 11.9 Å². The third kappa shape index (κ3) is 4.68. The second-order valence-electron chi connectivity index (χ2n) is 6.95. The van der Waals surface area contributed by atoms with Crippen LogP contribution in [0.15, 0.2) is 48.1 Å². The van der Waals surface area contributed by atoms with Gasteiger partial charge in [0.05, 0.1) is 35.4 Å². The summed E-state index contributed by atoms with van der Waals surface area (Å²) >= 11 is 0. The number of rotatable bonds is 5. The van der Waals surface area contributed by atoms with E-state index in [1.54, 1.807) is 26.8 Å². The van der Waals surface area contributed by atoms with Crippen LogP contribution in [0.1, 0.15) is 43.4 Å². The van der Waals surface area contributed by atoms with Crippen LogP contribution in [0.5, 0.6) is 5.88 Å². The molecule has 0 bridgehead atoms. The lowest BCUT2D eigenvalue weighted by Crippen LogP contribution is -2.29. The highest BCUT2D eigenvalue weighted by atomic mass is 19.4. The third-order valence-electron chi connectivity index (χ3n) is 4.42. The fraction of sp³-hybridized carbons (Fsp3) is 0.333. The molecule has 0 radical (unpaired) electrons. The van der Waals surface area contributed by atoms with Gasteiger partial charge < -0.3 is 25.3 Å². The van der Waals surface area contributed by atoms with Gasteiger partial charge in [0.25, 0.3) is 0 Å². The molecule has 0 aliphatic carbocycles. The van der Waals surface area contributed by atoms with Gasteiger partial charge in [-0.25, -0.2) is 9.78 Å². The summed E-state index contributed by atoms with van der Waals surface area (Å²) in [6, 6.07) is 6.55. The van der Waals surface area contributed by atoms with E-state index < -0.39 is 23.8 Å². The number of hydrogen-bond acceptors (Lipinski definition) is 7. The Bertz CT molecular complexity index is 1010. The van der Waals surface area contributed by atoms with E-state index >= 15 is 0 Å². The van der Waals surface area contributed by atoms with Crippen LogP contribution >= 0.6 is 0 Å². The Hall–Kier alpha value is -3.43. The van der Waals surface area contributed by atoms with Gasteiger partial charge in [0, 0.05) is 6.20 Å². The van der Waals surface area contributed by atoms with Gasteiger partial charge in [-0.05, 0) is 38.5 Å². The second kappa shape index (κ2) is 8.75. The van der Waals surface area contributed by atoms with Crippen LogP contribution in [0.25, 0.3) is 0 Å². The maximum absolute atomic E-state index is 13.9. The Morgan fingerprint density at radius 2 is 1.97 bits per heavy atom. The number of nitrogens with one attached hydrogen (secondary N) is 1. The van der Waals surface area contributed by atoms with Crippen molar-refractivity contribution in [1.29, 1.82) is 0 Å². The normalized spacial score (nSPS) is 15.9. The van der Waals surface area contributed by atoms with Crippen LogP contribution in [0, 0.1) is 0 Å². The van der Waals surface area contributed by atoms with Crippen molar-refractivity contribution in [2.45, 2.75) is 39.0 Å². The van der Waals surface area contributed by atoms with Gasteiger partial charge in [0.2, 0.25) is 5.88 Å². The molecular weight excluding hydrogens is 415 g/mol. The monoisotopic (exact) mass is 437 g/mol. The molecule has 1 aromatic heterocycles. The summed E-state index contributed by atoms with van der Waals surface area (Å²) < 4.78 is 57.4. The molecule has 1 atom stereocenters. The van der Waals surface area contributed by atoms with Crippen molar-refractivity contribution in [3.8, 4) is 5.88 Å². The van der Waals surface area contributed by atoms with Crippen molar-refractivity contribution in [3.63, 3.8) is 0 Å². The highest BCUT2D eigenvalue weighted by Crippen LogP contribution is 2.48. The molecule has 7 nitrogen and oxygen atoms in total. The molecule has 1 aliphatic rings. The fourth-order valence-corrected chi connectivity index (χ4v) is 3.31. The largest absolute Gasteiger partial charge is 0.513 e. The number of fused-ring (bicyclic) bond motifs is 1. The van der Waals surface area contributed by atoms with Gasteiger partial charge in [-0.2, -0.15) is 13.2 Å². The first-order valence-corrected chi connectivity index (χ1v) is 9.56. The summed E-state index contributed by atoms with van der Waals surface area (Å²) in [6.45, 7) is 5.11. The van der Waals surface area contributed by atoms with Crippen LogP contribution < -0.4 is 15.8 Å². The maximum atomic E-state index is 13.9. The molecule has 0 spiro atoms. The van der Waals surface area contributed by atoms with E-state index in [4.69, 9.17) is 19.9 Å². The molecule has 1 unspecified atom stereocenters. The molecule has 1 aliphatic heterocycles. The van der Waals surface area contributed by atoms with Crippen LogP contribution in [0.2, 0.25) is 0 Å². The number of nitrogens with zero attached hydrogens (tertiary/aromatic N) is 1. The summed E-state index contributed by atoms with van der Waals surface area (Å²) in [5.41, 5.74) is 5.66. The zero-order chi connectivity index (χ0) is 22.8. The summed E-state index contributed by atoms with van der Waals surface area (Å²) in [5.74, 6) is -1.48. The lowest BCUT2D eigenvalue weighted by molar-refractivity contribution is -0.138. The van der Waals surface area contributed by atoms with Gasteiger partial charge in [-0.15, -0.1) is 0 Å². The van der Waals surface area contributed by atoms with Gasteiger partial charge in [-0.3, -0.25) is 0 Å². The first kappa shape index (κ1) is 22.3. The average molecular weight is 437 g/mol. The standard InChI is InChI=1S/C21H22F3N3O4/c1-4-29-20(28)31-17-15(12-7-5-6-8-13(12)21(22,23)24)16-14(27-18(17)25)9-10-26-19(16)30-11(2)3/h5-11,15,27H,4,25H2,1-3H3. The molecular formula is C21H22F3N3O4. The molecule has 2 aromatic rings. The first-order chi connectivity index (χ1) is 14.6. The molecule has 2 heterocycles. The fourth-order valence-electron chi connectivity index (χ4n) is 3.31. The number of benzene rings is 1. The van der Waals surface area contributed by atoms with Gasteiger partial charge in [-0.1, -0.05) is 18.2 Å². The van der Waals surface area contributed by atoms with Crippen LogP contribution in [0.3, 0.4) is 0 Å². The van der Waals surface area contributed by atoms with E-state index in [9.17, 15) is 18.0 Å². The summed E-state index contributed by atoms with van der Waals surface area (Å²) in [6.07, 6.45) is -4.61. The minimum atomic E-state index is -4.66. The zero-order valence-electron chi connectivity index (χ0n) is 17.1. The number of ether oxygens (including phenoxy) is 3. The highest BCUT2D eigenvalue weighted by molar-refractivity contribution is 5.70. The Morgan fingerprint density at radius 1 is 1.26 bits per heavy atom. The third-order valence-corrected chi connectivity index (χ3v) is 4.42. The molecule has 0 saturated heterocycles. The molecule has 31 heavy (non-hydrogen) atoms. The number of nitrogens with two attached hydrogens (primary N) is 1. The number of carbonyl (C=O) groups is 1. The van der Waals surface area contributed by atoms with Crippen molar-refractivity contribution >= 4 is 11.8 Å². The summed E-state index contributed by atoms with van der Waals surface area (Å²) in [4.78, 5) is 16.3. The van der Waals surface area contributed by atoms with Gasteiger partial charge in [0.15, 0.2) is 5.76 Å². The van der Waals surface area contributed by atoms with Crippen molar-refractivity contribution < 1.29 is 32.2 Å². The number of allylic oxidation sites excluding steroid dienone is 1. The van der Waals surface area contributed by atoms with E-state index in [2.05, 4.69) is 10.3 Å². The quantitative estimate of drug-likeness (QED) is 0.652. The number of alkyl halides is 3. The highest BCUT2D eigenvalue weighted by Gasteiger charge is 2.41. The molecule has 3 N–H and O–H groups in total. The number of carbonyl (C=O) groups excluding carboxylic acids is 1. The topological polar surface area (TPSA) is 95.7 Å². The predicted octanol–water partition coefficient (Wildman–Crippen LogP) is 4.75. The minimum Gasteiger partial charge on any atom is -0.475 e. The van der Waals surface area contributed by atoms with Crippen molar-refractivity contribution in [2.24, 2.45) is 5.73 Å². The molecule has 10 heteroatoms. The number of pyridine rings is 1. The van der Waals surface area contributed by atoms with Crippen LogP contribution in [-0.4, -0.2) is 23.9 Å². The molecule has 3 rings (SSSR count). The first-order valence-electron chi connectivity index (χ1n) is 9.56. The molecule has 1 aromatic carbocycles.